The molecule has 5 fully saturated rings. The van der Waals surface area contributed by atoms with Gasteiger partial charge >= 0.3 is 30.2 Å². The van der Waals surface area contributed by atoms with Crippen LogP contribution in [-0.2, 0) is 67.3 Å². The van der Waals surface area contributed by atoms with E-state index in [1.807, 2.05) is 96.2 Å². The molecular formula is C88H117FN20O20S. The molecule has 2 aliphatic carbocycles. The lowest BCUT2D eigenvalue weighted by atomic mass is 9.85. The number of nitrogens with zero attached hydrogens (tertiary/aromatic N) is 15. The molecule has 13 rings (SSSR count). The van der Waals surface area contributed by atoms with Crippen LogP contribution in [0.15, 0.2) is 98.6 Å². The van der Waals surface area contributed by atoms with Crippen molar-refractivity contribution in [1.82, 2.24) is 101 Å². The second kappa shape index (κ2) is 42.5. The van der Waals surface area contributed by atoms with Crippen molar-refractivity contribution >= 4 is 88.0 Å². The SMILES string of the molecule is C=CCCCOC(=O)N[C@H](C(=O)N1C[C@H](c2nnn(-c3ccc(OC)c(C=C)c3)n2)C[C@H]1C(=O)OC)C(C)(C)C.C=C[C@@H]1C[C@]1(NC(=O)[C@@H]1C[C@@H]2CN1C(=O)[C@H](C(C)(C)C)NC(=O)OCCC/C=C/c1cc(ccc1OC)-n1nnc2n1)C(=O)NS(=O)(=O)C1CC1.COC(=O)[C@@H]1C[C@@H]2CN1C(=O)[C@H](C(C)(C)C)NC(=O)OCCC/C=C/c1cc(ccc1OC)-n1nnc2n1.F. The van der Waals surface area contributed by atoms with Crippen LogP contribution in [0.1, 0.15) is 191 Å². The minimum absolute atomic E-state index is 0. The quantitative estimate of drug-likeness (QED) is 0.0210. The van der Waals surface area contributed by atoms with E-state index in [0.29, 0.717) is 97.3 Å². The molecule has 0 spiro atoms. The van der Waals surface area contributed by atoms with Gasteiger partial charge in [0.2, 0.25) is 33.7 Å². The topological polar surface area (TPSA) is 479 Å². The van der Waals surface area contributed by atoms with Gasteiger partial charge in [-0.25, -0.2) is 32.4 Å². The van der Waals surface area contributed by atoms with Crippen LogP contribution in [0.25, 0.3) is 35.3 Å². The average molecular weight is 1830 g/mol. The Morgan fingerprint density at radius 1 is 0.615 bits per heavy atom. The van der Waals surface area contributed by atoms with E-state index in [0.717, 1.165) is 16.7 Å². The highest BCUT2D eigenvalue weighted by atomic mass is 32.2. The van der Waals surface area contributed by atoms with Crippen LogP contribution < -0.4 is 40.2 Å². The number of alkyl carbamates (subject to hydrolysis) is 3. The molecule has 2 saturated carbocycles. The Hall–Kier alpha value is -13.0. The Kier molecular flexibility index (Phi) is 32.4. The number of hydrogen-bond acceptors (Lipinski definition) is 29. The van der Waals surface area contributed by atoms with E-state index in [1.54, 1.807) is 78.5 Å². The Morgan fingerprint density at radius 3 is 1.51 bits per heavy atom. The Balaban J connectivity index is 0.000000205. The van der Waals surface area contributed by atoms with E-state index in [1.165, 1.54) is 49.4 Å². The van der Waals surface area contributed by atoms with Gasteiger partial charge in [0.1, 0.15) is 59.0 Å². The van der Waals surface area contributed by atoms with Crippen molar-refractivity contribution < 1.29 is 99.0 Å². The summed E-state index contributed by atoms with van der Waals surface area (Å²) < 4.78 is 69.8. The van der Waals surface area contributed by atoms with E-state index in [9.17, 15) is 56.4 Å². The summed E-state index contributed by atoms with van der Waals surface area (Å²) in [5, 5.41) is 49.4. The number of aromatic nitrogens is 12. The van der Waals surface area contributed by atoms with Crippen molar-refractivity contribution in [1.29, 1.82) is 0 Å². The van der Waals surface area contributed by atoms with Crippen LogP contribution in [0.4, 0.5) is 19.1 Å². The van der Waals surface area contributed by atoms with Crippen LogP contribution in [-0.4, -0.2) is 266 Å². The molecule has 702 valence electrons. The summed E-state index contributed by atoms with van der Waals surface area (Å²) in [7, 11) is 3.40. The molecule has 3 saturated heterocycles. The number of allylic oxidation sites excluding steroid dienone is 3. The lowest BCUT2D eigenvalue weighted by Gasteiger charge is -2.35. The predicted molar refractivity (Wildman–Crippen MR) is 471 cm³/mol. The van der Waals surface area contributed by atoms with Gasteiger partial charge in [-0.1, -0.05) is 111 Å². The highest BCUT2D eigenvalue weighted by molar-refractivity contribution is 7.91. The normalized spacial score (nSPS) is 23.0. The second-order valence-corrected chi connectivity index (χ2v) is 37.6. The fraction of sp³-hybridized carbons (Fsp3) is 0.534. The van der Waals surface area contributed by atoms with Crippen LogP contribution in [0.3, 0.4) is 0 Å². The number of ether oxygens (including phenoxy) is 8. The predicted octanol–water partition coefficient (Wildman–Crippen LogP) is 7.88. The molecule has 3 aromatic carbocycles. The third-order valence-electron chi connectivity index (χ3n) is 23.2. The van der Waals surface area contributed by atoms with Gasteiger partial charge in [-0.2, -0.15) is 0 Å². The molecule has 5 aliphatic heterocycles. The molecule has 8 heterocycles. The summed E-state index contributed by atoms with van der Waals surface area (Å²) in [5.41, 5.74) is 0.631. The van der Waals surface area contributed by atoms with E-state index >= 15 is 0 Å². The number of carbonyl (C=O) groups is 10. The Labute approximate surface area is 753 Å². The first kappa shape index (κ1) is 99.1. The maximum atomic E-state index is 14.4. The molecule has 5 N–H and O–H groups in total. The number of hydrogen-bond donors (Lipinski definition) is 5. The zero-order valence-corrected chi connectivity index (χ0v) is 76.4. The third-order valence-corrected chi connectivity index (χ3v) is 25.0. The van der Waals surface area contributed by atoms with Crippen LogP contribution >= 0.6 is 0 Å². The van der Waals surface area contributed by atoms with Gasteiger partial charge in [0.15, 0.2) is 17.5 Å². The molecule has 11 atom stereocenters. The number of cyclic esters (lactones) is 2. The van der Waals surface area contributed by atoms with Crippen molar-refractivity contribution in [2.24, 2.45) is 22.2 Å². The highest BCUT2D eigenvalue weighted by Gasteiger charge is 2.62. The van der Waals surface area contributed by atoms with Gasteiger partial charge in [-0.05, 0) is 164 Å². The molecule has 0 unspecified atom stereocenters. The summed E-state index contributed by atoms with van der Waals surface area (Å²) in [5.74, 6) is -2.75. The summed E-state index contributed by atoms with van der Waals surface area (Å²) in [6.45, 7) is 28.4. The maximum absolute atomic E-state index is 14.4. The van der Waals surface area contributed by atoms with E-state index < -0.39 is 145 Å². The summed E-state index contributed by atoms with van der Waals surface area (Å²) in [6.07, 6.45) is 15.8. The number of rotatable bonds is 20. The van der Waals surface area contributed by atoms with Gasteiger partial charge in [-0.3, -0.25) is 33.4 Å². The smallest absolute Gasteiger partial charge is 0.407 e. The zero-order chi connectivity index (χ0) is 93.6. The average Bonchev–Trinajstić information content (AvgIpc) is 1.57. The lowest BCUT2D eigenvalue weighted by Crippen LogP contribution is -2.60. The zero-order valence-electron chi connectivity index (χ0n) is 75.6. The van der Waals surface area contributed by atoms with E-state index in [4.69, 9.17) is 37.9 Å². The second-order valence-electron chi connectivity index (χ2n) is 35.6. The number of unbranched alkanes of at least 4 members (excludes halogenated alkanes) is 1. The Bertz CT molecular complexity index is 5340. The third kappa shape index (κ3) is 23.7. The molecule has 40 nitrogen and oxygen atoms in total. The Morgan fingerprint density at radius 2 is 1.07 bits per heavy atom. The molecule has 130 heavy (non-hydrogen) atoms. The van der Waals surface area contributed by atoms with Crippen molar-refractivity contribution in [2.75, 3.05) is 75.0 Å². The maximum Gasteiger partial charge on any atom is 0.407 e. The van der Waals surface area contributed by atoms with Crippen molar-refractivity contribution in [3.63, 3.8) is 0 Å². The van der Waals surface area contributed by atoms with Crippen molar-refractivity contribution in [2.45, 2.75) is 204 Å². The van der Waals surface area contributed by atoms with Crippen LogP contribution in [0.5, 0.6) is 17.2 Å². The molecule has 6 aromatic rings. The molecule has 3 aromatic heterocycles. The molecule has 0 radical (unpaired) electrons. The van der Waals surface area contributed by atoms with E-state index in [-0.39, 0.29) is 87.5 Å². The lowest BCUT2D eigenvalue weighted by molar-refractivity contribution is -0.152. The summed E-state index contributed by atoms with van der Waals surface area (Å²) in [4.78, 5) is 142. The van der Waals surface area contributed by atoms with Gasteiger partial charge in [-0.15, -0.1) is 58.1 Å². The standard InChI is InChI=1S/C34H44N8O8S.C28H38N6O6.C26H34N6O6.FH/c1-6-22-18-34(22,31(45)39-51(47,48)24-12-13-24)36-29(43)25-17-21-19-41(25)30(44)27(33(2,3)4)35-32(46)50-15-9-7-8-10-20-16-23(11-14-26(20)49-5)42-38-28(21)37-40-42;1-8-10-11-14-40-27(37)29-23(28(3,4)5)25(35)33-17-19(16-21(33)26(36)39-7)24-30-32-34(31-24)20-12-13-22(38-6)18(9-2)15-20;1-26(2,3)21-23(33)31-15-17(14-19(31)24(34)37-5)22-28-30-32(29-22)18-10-11-20(36-4)16(13-18)9-7-6-8-12-38-25(35)27-21;/h6,8,10-11,14,16,21-22,24-25,27H,1,7,9,12-13,15,17-19H2,2-5H3,(H,35,46)(H,36,43)(H,39,45);8-9,12-13,15,19,21,23H,1-2,10-11,14,16-17H2,3-7H3,(H,29,37);7,9-11,13,17,19,21H,6,8,12,14-15H2,1-5H3,(H,27,35);1H/b10-8+;;9-7+;/t21-,22-,25+,27-,34-;19-,21+,23-;17-,19+,21-;/m111./s1. The molecule has 7 aliphatic rings. The van der Waals surface area contributed by atoms with Crippen LogP contribution in [0.2, 0.25) is 0 Å². The van der Waals surface area contributed by atoms with Crippen molar-refractivity contribution in [3.8, 4) is 34.3 Å². The highest BCUT2D eigenvalue weighted by Crippen LogP contribution is 2.47. The number of benzene rings is 3. The van der Waals surface area contributed by atoms with E-state index in [2.05, 4.69) is 92.0 Å². The number of esters is 2. The van der Waals surface area contributed by atoms with Crippen LogP contribution in [0, 0.1) is 22.2 Å². The first-order valence-corrected chi connectivity index (χ1v) is 44.3. The molecule has 8 amide bonds. The first-order chi connectivity index (χ1) is 61.3. The fourth-order valence-electron chi connectivity index (χ4n) is 15.7. The number of amides is 8. The number of nitrogens with one attached hydrogen (secondary N) is 5. The number of methoxy groups -OCH3 is 5. The number of sulfonamides is 1. The number of likely N-dealkylation sites (tertiary alicyclic amines) is 1. The van der Waals surface area contributed by atoms with Gasteiger partial charge < -0.3 is 73.9 Å². The minimum atomic E-state index is -3.89. The summed E-state index contributed by atoms with van der Waals surface area (Å²) >= 11 is 0. The van der Waals surface area contributed by atoms with Gasteiger partial charge in [0.25, 0.3) is 5.91 Å². The summed E-state index contributed by atoms with van der Waals surface area (Å²) in [6, 6.07) is 10.5. The molecule has 12 bridgehead atoms. The van der Waals surface area contributed by atoms with Crippen molar-refractivity contribution in [3.05, 3.63) is 133 Å². The monoisotopic (exact) mass is 1820 g/mol. The molecule has 42 heteroatoms. The first-order valence-electron chi connectivity index (χ1n) is 42.7. The number of halogens is 1. The number of carbonyl (C=O) groups excluding carboxylic acids is 10. The largest absolute Gasteiger partial charge is 0.496 e. The fourth-order valence-corrected chi connectivity index (χ4v) is 17.1. The number of tetrazole rings is 3. The van der Waals surface area contributed by atoms with Gasteiger partial charge in [0, 0.05) is 60.0 Å². The molecular weight excluding hydrogens is 1710 g/mol. The van der Waals surface area contributed by atoms with Gasteiger partial charge in [0.05, 0.1) is 77.7 Å². The minimum Gasteiger partial charge on any atom is -0.496 e. The number of fused-ring (bicyclic) bond motifs is 16.